The van der Waals surface area contributed by atoms with E-state index in [4.69, 9.17) is 0 Å². The number of halogens is 2. The van der Waals surface area contributed by atoms with E-state index in [1.807, 2.05) is 6.07 Å². The molecule has 0 saturated carbocycles. The van der Waals surface area contributed by atoms with E-state index in [0.29, 0.717) is 0 Å². The van der Waals surface area contributed by atoms with Crippen molar-refractivity contribution < 1.29 is 4.39 Å². The van der Waals surface area contributed by atoms with Gasteiger partial charge in [-0.15, -0.1) is 12.4 Å². The minimum Gasteiger partial charge on any atom is -0.313 e. The van der Waals surface area contributed by atoms with Crippen LogP contribution < -0.4 is 5.32 Å². The Bertz CT molecular complexity index is 328. The van der Waals surface area contributed by atoms with Crippen molar-refractivity contribution in [1.82, 2.24) is 5.32 Å². The maximum Gasteiger partial charge on any atom is 0.123 e. The molecule has 1 aromatic rings. The lowest BCUT2D eigenvalue weighted by Gasteiger charge is -1.96. The van der Waals surface area contributed by atoms with Crippen molar-refractivity contribution in [2.75, 3.05) is 13.1 Å². The van der Waals surface area contributed by atoms with Crippen molar-refractivity contribution in [3.63, 3.8) is 0 Å². The number of benzene rings is 1. The van der Waals surface area contributed by atoms with E-state index in [9.17, 15) is 4.39 Å². The Balaban J connectivity index is 0.000000980. The van der Waals surface area contributed by atoms with Gasteiger partial charge in [0.05, 0.1) is 0 Å². The van der Waals surface area contributed by atoms with Crippen LogP contribution in [0, 0.1) is 5.82 Å². The Hall–Kier alpha value is -0.860. The second kappa shape index (κ2) is 5.13. The zero-order valence-corrected chi connectivity index (χ0v) is 8.61. The lowest BCUT2D eigenvalue weighted by atomic mass is 10.1. The molecule has 1 aliphatic heterocycles. The fourth-order valence-corrected chi connectivity index (χ4v) is 1.54. The first-order valence-electron chi connectivity index (χ1n) is 4.50. The van der Waals surface area contributed by atoms with Crippen LogP contribution in [0.4, 0.5) is 4.39 Å². The van der Waals surface area contributed by atoms with Crippen LogP contribution in [0.5, 0.6) is 0 Å². The first kappa shape index (κ1) is 11.2. The minimum absolute atomic E-state index is 0. The maximum atomic E-state index is 12.8. The second-order valence-corrected chi connectivity index (χ2v) is 3.28. The van der Waals surface area contributed by atoms with Crippen molar-refractivity contribution in [2.45, 2.75) is 6.42 Å². The predicted octanol–water partition coefficient (Wildman–Crippen LogP) is 2.62. The quantitative estimate of drug-likeness (QED) is 0.756. The number of hydrogen-bond donors (Lipinski definition) is 1. The van der Waals surface area contributed by atoms with Crippen LogP contribution in [-0.4, -0.2) is 13.1 Å². The van der Waals surface area contributed by atoms with Crippen molar-refractivity contribution >= 4 is 18.5 Å². The molecule has 2 rings (SSSR count). The molecule has 1 saturated heterocycles. The van der Waals surface area contributed by atoms with Gasteiger partial charge in [0.25, 0.3) is 0 Å². The average molecular weight is 214 g/mol. The van der Waals surface area contributed by atoms with E-state index < -0.39 is 0 Å². The van der Waals surface area contributed by atoms with Crippen molar-refractivity contribution in [2.24, 2.45) is 0 Å². The van der Waals surface area contributed by atoms with E-state index in [1.165, 1.54) is 11.6 Å². The van der Waals surface area contributed by atoms with E-state index in [-0.39, 0.29) is 18.2 Å². The molecule has 0 radical (unpaired) electrons. The summed E-state index contributed by atoms with van der Waals surface area (Å²) in [5.41, 5.74) is 2.31. The van der Waals surface area contributed by atoms with Gasteiger partial charge in [-0.25, -0.2) is 4.39 Å². The molecule has 1 aromatic carbocycles. The Kier molecular flexibility index (Phi) is 4.11. The zero-order valence-electron chi connectivity index (χ0n) is 7.79. The molecule has 0 aromatic heterocycles. The molecule has 0 atom stereocenters. The number of rotatable bonds is 1. The van der Waals surface area contributed by atoms with Gasteiger partial charge >= 0.3 is 0 Å². The predicted molar refractivity (Wildman–Crippen MR) is 59.1 cm³/mol. The van der Waals surface area contributed by atoms with Crippen molar-refractivity contribution in [3.8, 4) is 0 Å². The lowest BCUT2D eigenvalue weighted by Crippen LogP contribution is -2.04. The molecule has 0 bridgehead atoms. The molecule has 1 fully saturated rings. The molecule has 14 heavy (non-hydrogen) atoms. The van der Waals surface area contributed by atoms with E-state index in [1.54, 1.807) is 12.1 Å². The van der Waals surface area contributed by atoms with Crippen LogP contribution in [0.2, 0.25) is 0 Å². The summed E-state index contributed by atoms with van der Waals surface area (Å²) in [4.78, 5) is 0. The molecule has 0 aliphatic carbocycles. The van der Waals surface area contributed by atoms with Crippen LogP contribution >= 0.6 is 12.4 Å². The average Bonchev–Trinajstić information content (AvgIpc) is 2.57. The summed E-state index contributed by atoms with van der Waals surface area (Å²) in [6.45, 7) is 1.98. The van der Waals surface area contributed by atoms with Crippen molar-refractivity contribution in [3.05, 3.63) is 41.2 Å². The third-order valence-electron chi connectivity index (χ3n) is 2.19. The van der Waals surface area contributed by atoms with Crippen LogP contribution in [-0.2, 0) is 0 Å². The van der Waals surface area contributed by atoms with Crippen LogP contribution in [0.25, 0.3) is 6.08 Å². The van der Waals surface area contributed by atoms with E-state index in [0.717, 1.165) is 25.1 Å². The van der Waals surface area contributed by atoms with Gasteiger partial charge in [-0.1, -0.05) is 23.8 Å². The summed E-state index contributed by atoms with van der Waals surface area (Å²) in [7, 11) is 0. The summed E-state index contributed by atoms with van der Waals surface area (Å²) < 4.78 is 12.8. The molecule has 0 amide bonds. The molecule has 0 unspecified atom stereocenters. The van der Waals surface area contributed by atoms with Crippen LogP contribution in [0.15, 0.2) is 29.8 Å². The Morgan fingerprint density at radius 2 is 2.21 bits per heavy atom. The Morgan fingerprint density at radius 1 is 1.36 bits per heavy atom. The fraction of sp³-hybridized carbons (Fsp3) is 0.273. The minimum atomic E-state index is -0.166. The van der Waals surface area contributed by atoms with Gasteiger partial charge in [-0.05, 0) is 30.7 Å². The van der Waals surface area contributed by atoms with Gasteiger partial charge in [0, 0.05) is 6.54 Å². The summed E-state index contributed by atoms with van der Waals surface area (Å²) in [5, 5.41) is 3.25. The highest BCUT2D eigenvalue weighted by molar-refractivity contribution is 5.85. The topological polar surface area (TPSA) is 12.0 Å². The number of hydrogen-bond acceptors (Lipinski definition) is 1. The van der Waals surface area contributed by atoms with Crippen LogP contribution in [0.3, 0.4) is 0 Å². The summed E-state index contributed by atoms with van der Waals surface area (Å²) >= 11 is 0. The van der Waals surface area contributed by atoms with Gasteiger partial charge in [0.1, 0.15) is 5.82 Å². The first-order chi connectivity index (χ1) is 6.34. The third-order valence-corrected chi connectivity index (χ3v) is 2.19. The fourth-order valence-electron chi connectivity index (χ4n) is 1.54. The summed E-state index contributed by atoms with van der Waals surface area (Å²) in [6, 6.07) is 6.69. The SMILES string of the molecule is Cl.Fc1cccc(C=C2CCNC2)c1. The van der Waals surface area contributed by atoms with Crippen LogP contribution in [0.1, 0.15) is 12.0 Å². The maximum absolute atomic E-state index is 12.8. The highest BCUT2D eigenvalue weighted by atomic mass is 35.5. The van der Waals surface area contributed by atoms with E-state index >= 15 is 0 Å². The Labute approximate surface area is 89.4 Å². The second-order valence-electron chi connectivity index (χ2n) is 3.28. The summed E-state index contributed by atoms with van der Waals surface area (Å²) in [6.07, 6.45) is 3.14. The Morgan fingerprint density at radius 3 is 2.86 bits per heavy atom. The van der Waals surface area contributed by atoms with Gasteiger partial charge in [0.2, 0.25) is 0 Å². The molecule has 76 valence electrons. The molecule has 0 spiro atoms. The molecule has 1 heterocycles. The molecule has 1 N–H and O–H groups in total. The molecular formula is C11H13ClFN. The highest BCUT2D eigenvalue weighted by Crippen LogP contribution is 2.13. The molecule has 1 nitrogen and oxygen atoms in total. The molecule has 3 heteroatoms. The van der Waals surface area contributed by atoms with E-state index in [2.05, 4.69) is 11.4 Å². The van der Waals surface area contributed by atoms with Gasteiger partial charge in [0.15, 0.2) is 0 Å². The summed E-state index contributed by atoms with van der Waals surface area (Å²) in [5.74, 6) is -0.166. The number of nitrogens with one attached hydrogen (secondary N) is 1. The molecule has 1 aliphatic rings. The first-order valence-corrected chi connectivity index (χ1v) is 4.50. The van der Waals surface area contributed by atoms with Crippen molar-refractivity contribution in [1.29, 1.82) is 0 Å². The molecular weight excluding hydrogens is 201 g/mol. The lowest BCUT2D eigenvalue weighted by molar-refractivity contribution is 0.627. The normalized spacial score (nSPS) is 18.2. The highest BCUT2D eigenvalue weighted by Gasteiger charge is 2.04. The monoisotopic (exact) mass is 213 g/mol. The third kappa shape index (κ3) is 2.82. The van der Waals surface area contributed by atoms with Gasteiger partial charge in [-0.2, -0.15) is 0 Å². The standard InChI is InChI=1S/C11H12FN.ClH/c12-11-3-1-2-9(7-11)6-10-4-5-13-8-10;/h1-3,6-7,13H,4-5,8H2;1H. The van der Waals surface area contributed by atoms with Gasteiger partial charge in [-0.3, -0.25) is 0 Å². The zero-order chi connectivity index (χ0) is 9.10. The smallest absolute Gasteiger partial charge is 0.123 e. The van der Waals surface area contributed by atoms with Gasteiger partial charge < -0.3 is 5.32 Å². The largest absolute Gasteiger partial charge is 0.313 e.